The van der Waals surface area contributed by atoms with E-state index in [1.54, 1.807) is 37.3 Å². The van der Waals surface area contributed by atoms with Crippen molar-refractivity contribution in [1.29, 1.82) is 0 Å². The molecule has 3 aromatic carbocycles. The molecule has 5 rings (SSSR count). The second-order valence-electron chi connectivity index (χ2n) is 8.54. The van der Waals surface area contributed by atoms with E-state index in [0.717, 1.165) is 35.1 Å². The largest absolute Gasteiger partial charge is 0.417 e. The van der Waals surface area contributed by atoms with Crippen LogP contribution in [0.25, 0.3) is 22.2 Å². The van der Waals surface area contributed by atoms with Crippen LogP contribution in [-0.2, 0) is 26.5 Å². The Morgan fingerprint density at radius 3 is 2.48 bits per heavy atom. The lowest BCUT2D eigenvalue weighted by Gasteiger charge is -2.15. The van der Waals surface area contributed by atoms with E-state index in [4.69, 9.17) is 4.42 Å². The average Bonchev–Trinajstić information content (AvgIpc) is 3.55. The van der Waals surface area contributed by atoms with Crippen LogP contribution in [0.5, 0.6) is 0 Å². The van der Waals surface area contributed by atoms with Crippen LogP contribution in [0.15, 0.2) is 80.8 Å². The summed E-state index contributed by atoms with van der Waals surface area (Å²) in [5, 5.41) is 0. The molecule has 170 valence electrons. The number of H-pyrrole nitrogens is 1. The molecule has 0 aliphatic heterocycles. The summed E-state index contributed by atoms with van der Waals surface area (Å²) in [6, 6.07) is 20.1. The molecule has 0 atom stereocenters. The fraction of sp³-hybridized carbons (Fsp3) is 0.231. The van der Waals surface area contributed by atoms with Crippen molar-refractivity contribution < 1.29 is 19.1 Å². The van der Waals surface area contributed by atoms with Gasteiger partial charge in [-0.25, -0.2) is 13.2 Å². The highest BCUT2D eigenvalue weighted by molar-refractivity contribution is 7.91. The standard InChI is InChI=1S/C26H23NO5S.H2/c1-2-33(30,31)21-9-6-18(7-10-21)19-5-3-4-17(14-19)15-24(28)26(12-13-26)20-8-11-23-22(16-20)27-25(29)32-23;/h3-11,14,16H,2,12-13,15H2,1H3,(H,27,29);1H. The number of sulfone groups is 1. The summed E-state index contributed by atoms with van der Waals surface area (Å²) >= 11 is 0. The van der Waals surface area contributed by atoms with E-state index in [0.29, 0.717) is 22.4 Å². The van der Waals surface area contributed by atoms with Gasteiger partial charge in [-0.2, -0.15) is 0 Å². The maximum Gasteiger partial charge on any atom is 0.417 e. The zero-order valence-electron chi connectivity index (χ0n) is 18.1. The lowest BCUT2D eigenvalue weighted by molar-refractivity contribution is -0.120. The number of Topliss-reactive ketones (excluding diaryl/α,β-unsaturated/α-hetero) is 1. The third-order valence-electron chi connectivity index (χ3n) is 6.47. The van der Waals surface area contributed by atoms with Gasteiger partial charge in [-0.15, -0.1) is 0 Å². The number of benzene rings is 3. The van der Waals surface area contributed by atoms with Gasteiger partial charge in [0.2, 0.25) is 0 Å². The minimum Gasteiger partial charge on any atom is -0.408 e. The lowest BCUT2D eigenvalue weighted by atomic mass is 9.87. The van der Waals surface area contributed by atoms with Crippen molar-refractivity contribution in [2.45, 2.75) is 36.5 Å². The van der Waals surface area contributed by atoms with Crippen LogP contribution < -0.4 is 5.76 Å². The molecule has 0 saturated heterocycles. The van der Waals surface area contributed by atoms with Gasteiger partial charge in [0, 0.05) is 7.85 Å². The summed E-state index contributed by atoms with van der Waals surface area (Å²) in [6.45, 7) is 1.63. The maximum atomic E-state index is 13.3. The summed E-state index contributed by atoms with van der Waals surface area (Å²) in [5.41, 5.74) is 4.21. The van der Waals surface area contributed by atoms with Crippen LogP contribution in [-0.4, -0.2) is 24.9 Å². The summed E-state index contributed by atoms with van der Waals surface area (Å²) in [4.78, 5) is 27.7. The van der Waals surface area contributed by atoms with Crippen molar-refractivity contribution in [3.8, 4) is 11.1 Å². The lowest BCUT2D eigenvalue weighted by Crippen LogP contribution is -2.22. The van der Waals surface area contributed by atoms with Gasteiger partial charge < -0.3 is 4.42 Å². The first-order valence-corrected chi connectivity index (χ1v) is 12.5. The molecule has 6 nitrogen and oxygen atoms in total. The average molecular weight is 464 g/mol. The number of carbonyl (C=O) groups excluding carboxylic acids is 1. The van der Waals surface area contributed by atoms with Gasteiger partial charge >= 0.3 is 5.76 Å². The molecule has 1 aliphatic rings. The van der Waals surface area contributed by atoms with Crippen molar-refractivity contribution in [2.24, 2.45) is 0 Å². The fourth-order valence-corrected chi connectivity index (χ4v) is 5.22. The van der Waals surface area contributed by atoms with Gasteiger partial charge in [0.1, 0.15) is 5.78 Å². The third kappa shape index (κ3) is 3.93. The monoisotopic (exact) mass is 463 g/mol. The molecule has 7 heteroatoms. The van der Waals surface area contributed by atoms with Crippen LogP contribution in [0.4, 0.5) is 0 Å². The Hall–Kier alpha value is -3.45. The Morgan fingerprint density at radius 1 is 1.03 bits per heavy atom. The number of hydrogen-bond acceptors (Lipinski definition) is 5. The van der Waals surface area contributed by atoms with Crippen molar-refractivity contribution in [2.75, 3.05) is 5.75 Å². The van der Waals surface area contributed by atoms with Crippen molar-refractivity contribution in [3.63, 3.8) is 0 Å². The first kappa shape index (κ1) is 21.4. The van der Waals surface area contributed by atoms with Crippen LogP contribution >= 0.6 is 0 Å². The van der Waals surface area contributed by atoms with E-state index in [1.807, 2.05) is 36.4 Å². The predicted octanol–water partition coefficient (Wildman–Crippen LogP) is 4.67. The predicted molar refractivity (Wildman–Crippen MR) is 128 cm³/mol. The summed E-state index contributed by atoms with van der Waals surface area (Å²) in [6.07, 6.45) is 1.87. The van der Waals surface area contributed by atoms with E-state index in [2.05, 4.69) is 4.98 Å². The minimum absolute atomic E-state index is 0. The molecule has 0 amide bonds. The molecule has 1 saturated carbocycles. The maximum absolute atomic E-state index is 13.3. The number of nitrogens with one attached hydrogen (secondary N) is 1. The molecule has 0 spiro atoms. The highest BCUT2D eigenvalue weighted by Crippen LogP contribution is 2.50. The summed E-state index contributed by atoms with van der Waals surface area (Å²) < 4.78 is 29.2. The molecule has 0 bridgehead atoms. The number of oxazole rings is 1. The van der Waals surface area contributed by atoms with E-state index >= 15 is 0 Å². The van der Waals surface area contributed by atoms with Crippen LogP contribution in [0.3, 0.4) is 0 Å². The number of aromatic amines is 1. The first-order chi connectivity index (χ1) is 15.8. The fourth-order valence-electron chi connectivity index (χ4n) is 4.34. The number of aromatic nitrogens is 1. The van der Waals surface area contributed by atoms with E-state index < -0.39 is 21.0 Å². The summed E-state index contributed by atoms with van der Waals surface area (Å²) in [7, 11) is -3.24. The number of carbonyl (C=O) groups is 1. The van der Waals surface area contributed by atoms with Gasteiger partial charge in [-0.1, -0.05) is 49.4 Å². The highest BCUT2D eigenvalue weighted by Gasteiger charge is 2.50. The minimum atomic E-state index is -3.24. The Morgan fingerprint density at radius 2 is 1.79 bits per heavy atom. The molecule has 1 N–H and O–H groups in total. The van der Waals surface area contributed by atoms with Gasteiger partial charge in [0.25, 0.3) is 0 Å². The van der Waals surface area contributed by atoms with Gasteiger partial charge in [-0.3, -0.25) is 9.78 Å². The molecular formula is C26H25NO5S. The van der Waals surface area contributed by atoms with Crippen LogP contribution in [0, 0.1) is 0 Å². The van der Waals surface area contributed by atoms with Gasteiger partial charge in [0.05, 0.1) is 21.6 Å². The first-order valence-electron chi connectivity index (χ1n) is 10.9. The zero-order valence-corrected chi connectivity index (χ0v) is 18.9. The number of rotatable bonds is 7. The molecule has 0 radical (unpaired) electrons. The molecule has 1 heterocycles. The molecule has 0 unspecified atom stereocenters. The topological polar surface area (TPSA) is 97.2 Å². The Kier molecular flexibility index (Phi) is 5.09. The highest BCUT2D eigenvalue weighted by atomic mass is 32.2. The molecule has 1 aromatic heterocycles. The Bertz CT molecular complexity index is 1530. The Balaban J connectivity index is 0.00000274. The Labute approximate surface area is 192 Å². The second kappa shape index (κ2) is 7.85. The molecule has 1 aliphatic carbocycles. The zero-order chi connectivity index (χ0) is 23.2. The normalized spacial score (nSPS) is 14.9. The SMILES string of the molecule is CCS(=O)(=O)c1ccc(-c2cccc(CC(=O)C3(c4ccc5oc(=O)[nH]c5c4)CC3)c2)cc1.[HH]. The van der Waals surface area contributed by atoms with Crippen LogP contribution in [0.1, 0.15) is 32.3 Å². The number of ketones is 1. The van der Waals surface area contributed by atoms with Crippen LogP contribution in [0.2, 0.25) is 0 Å². The van der Waals surface area contributed by atoms with E-state index in [1.165, 1.54) is 0 Å². The number of hydrogen-bond donors (Lipinski definition) is 1. The second-order valence-corrected chi connectivity index (χ2v) is 10.8. The van der Waals surface area contributed by atoms with Crippen molar-refractivity contribution in [1.82, 2.24) is 4.98 Å². The smallest absolute Gasteiger partial charge is 0.408 e. The van der Waals surface area contributed by atoms with E-state index in [9.17, 15) is 18.0 Å². The van der Waals surface area contributed by atoms with Crippen molar-refractivity contribution >= 4 is 26.7 Å². The molecule has 33 heavy (non-hydrogen) atoms. The van der Waals surface area contributed by atoms with E-state index in [-0.39, 0.29) is 13.0 Å². The third-order valence-corrected chi connectivity index (χ3v) is 8.22. The molecule has 1 fully saturated rings. The summed E-state index contributed by atoms with van der Waals surface area (Å²) in [5.74, 6) is -0.292. The van der Waals surface area contributed by atoms with Gasteiger partial charge in [0.15, 0.2) is 15.4 Å². The number of fused-ring (bicyclic) bond motifs is 1. The van der Waals surface area contributed by atoms with Crippen molar-refractivity contribution in [3.05, 3.63) is 88.4 Å². The van der Waals surface area contributed by atoms with Gasteiger partial charge in [-0.05, 0) is 59.4 Å². The molecular weight excluding hydrogens is 438 g/mol. The quantitative estimate of drug-likeness (QED) is 0.430. The molecule has 4 aromatic rings.